The highest BCUT2D eigenvalue weighted by Crippen LogP contribution is 2.41. The summed E-state index contributed by atoms with van der Waals surface area (Å²) in [6, 6.07) is 14.8. The van der Waals surface area contributed by atoms with E-state index in [1.165, 1.54) is 115 Å². The Labute approximate surface area is 229 Å². The quantitative estimate of drug-likeness (QED) is 0.236. The third kappa shape index (κ3) is 6.13. The highest BCUT2D eigenvalue weighted by molar-refractivity contribution is 8.13. The zero-order chi connectivity index (χ0) is 25.8. The molecule has 200 valence electrons. The van der Waals surface area contributed by atoms with Crippen LogP contribution in [0.5, 0.6) is 0 Å². The second-order valence-corrected chi connectivity index (χ2v) is 13.4. The second-order valence-electron chi connectivity index (χ2n) is 12.1. The number of rotatable bonds is 11. The van der Waals surface area contributed by atoms with Crippen molar-refractivity contribution in [2.24, 2.45) is 11.8 Å². The summed E-state index contributed by atoms with van der Waals surface area (Å²) in [6.45, 7) is 7.68. The zero-order valence-electron chi connectivity index (χ0n) is 23.4. The number of benzene rings is 2. The van der Waals surface area contributed by atoms with Gasteiger partial charge in [-0.2, -0.15) is 0 Å². The molecule has 2 saturated carbocycles. The van der Waals surface area contributed by atoms with E-state index in [1.54, 1.807) is 6.92 Å². The lowest BCUT2D eigenvalue weighted by Crippen LogP contribution is -2.05. The van der Waals surface area contributed by atoms with E-state index in [4.69, 9.17) is 0 Å². The van der Waals surface area contributed by atoms with Crippen LogP contribution in [0.2, 0.25) is 0 Å². The molecule has 37 heavy (non-hydrogen) atoms. The van der Waals surface area contributed by atoms with Gasteiger partial charge in [0, 0.05) is 41.0 Å². The molecule has 2 aliphatic carbocycles. The summed E-state index contributed by atoms with van der Waals surface area (Å²) in [5, 5.41) is 3.18. The third-order valence-corrected chi connectivity index (χ3v) is 10.7. The van der Waals surface area contributed by atoms with Crippen molar-refractivity contribution in [1.82, 2.24) is 4.57 Å². The van der Waals surface area contributed by atoms with Gasteiger partial charge >= 0.3 is 0 Å². The molecule has 0 saturated heterocycles. The number of thioether (sulfide) groups is 1. The summed E-state index contributed by atoms with van der Waals surface area (Å²) in [5.41, 5.74) is 5.90. The monoisotopic (exact) mass is 517 g/mol. The Morgan fingerprint density at radius 2 is 1.27 bits per heavy atom. The Bertz CT molecular complexity index is 1120. The van der Waals surface area contributed by atoms with Crippen LogP contribution in [0.4, 0.5) is 0 Å². The topological polar surface area (TPSA) is 22.0 Å². The molecule has 0 amide bonds. The summed E-state index contributed by atoms with van der Waals surface area (Å²) in [7, 11) is 0. The average molecular weight is 518 g/mol. The maximum atomic E-state index is 11.2. The number of aromatic nitrogens is 1. The molecule has 0 radical (unpaired) electrons. The van der Waals surface area contributed by atoms with Gasteiger partial charge in [-0.15, -0.1) is 0 Å². The summed E-state index contributed by atoms with van der Waals surface area (Å²) >= 11 is 1.47. The van der Waals surface area contributed by atoms with Crippen LogP contribution < -0.4 is 0 Å². The maximum absolute atomic E-state index is 11.2. The van der Waals surface area contributed by atoms with Gasteiger partial charge in [0.2, 0.25) is 0 Å². The van der Waals surface area contributed by atoms with Gasteiger partial charge in [0.05, 0.1) is 0 Å². The minimum absolute atomic E-state index is 0.244. The average Bonchev–Trinajstić information content (AvgIpc) is 3.68. The molecular weight excluding hydrogens is 470 g/mol. The van der Waals surface area contributed by atoms with Crippen LogP contribution in [0, 0.1) is 11.8 Å². The molecular formula is C34H47NOS. The number of nitrogens with zero attached hydrogens (tertiary/aromatic N) is 1. The van der Waals surface area contributed by atoms with E-state index in [-0.39, 0.29) is 5.12 Å². The van der Waals surface area contributed by atoms with Crippen LogP contribution in [-0.4, -0.2) is 15.4 Å². The van der Waals surface area contributed by atoms with Crippen LogP contribution in [0.1, 0.15) is 121 Å². The molecule has 3 heteroatoms. The molecule has 0 bridgehead atoms. The molecule has 3 aromatic rings. The van der Waals surface area contributed by atoms with Crippen LogP contribution in [0.3, 0.4) is 0 Å². The Balaban J connectivity index is 1.42. The summed E-state index contributed by atoms with van der Waals surface area (Å²) in [5.74, 6) is 3.97. The van der Waals surface area contributed by atoms with Gasteiger partial charge in [0.15, 0.2) is 5.12 Å². The van der Waals surface area contributed by atoms with E-state index in [2.05, 4.69) is 54.8 Å². The molecule has 2 fully saturated rings. The van der Waals surface area contributed by atoms with Gasteiger partial charge in [-0.3, -0.25) is 4.79 Å². The lowest BCUT2D eigenvalue weighted by Gasteiger charge is -2.20. The third-order valence-electron chi connectivity index (χ3n) is 9.76. The zero-order valence-corrected chi connectivity index (χ0v) is 24.3. The predicted molar refractivity (Wildman–Crippen MR) is 162 cm³/mol. The lowest BCUT2D eigenvalue weighted by atomic mass is 9.85. The fourth-order valence-electron chi connectivity index (χ4n) is 7.35. The Morgan fingerprint density at radius 3 is 1.76 bits per heavy atom. The molecule has 5 rings (SSSR count). The largest absolute Gasteiger partial charge is 0.340 e. The van der Waals surface area contributed by atoms with E-state index in [0.29, 0.717) is 11.8 Å². The van der Waals surface area contributed by atoms with Gasteiger partial charge < -0.3 is 4.57 Å². The Kier molecular flexibility index (Phi) is 9.01. The van der Waals surface area contributed by atoms with Crippen LogP contribution in [0.15, 0.2) is 36.4 Å². The van der Waals surface area contributed by atoms with Crippen molar-refractivity contribution in [3.63, 3.8) is 0 Å². The molecule has 2 aromatic carbocycles. The highest BCUT2D eigenvalue weighted by Gasteiger charge is 2.25. The maximum Gasteiger partial charge on any atom is 0.185 e. The molecule has 2 atom stereocenters. The normalized spacial score (nSPS) is 18.8. The first-order valence-electron chi connectivity index (χ1n) is 15.2. The Hall–Kier alpha value is -1.74. The molecule has 1 aromatic heterocycles. The summed E-state index contributed by atoms with van der Waals surface area (Å²) in [4.78, 5) is 11.2. The molecule has 0 spiro atoms. The fraction of sp³-hybridized carbons (Fsp3) is 0.618. The predicted octanol–water partition coefficient (Wildman–Crippen LogP) is 10.2. The smallest absolute Gasteiger partial charge is 0.185 e. The van der Waals surface area contributed by atoms with E-state index in [0.717, 1.165) is 30.6 Å². The fourth-order valence-corrected chi connectivity index (χ4v) is 7.98. The van der Waals surface area contributed by atoms with Crippen molar-refractivity contribution in [1.29, 1.82) is 0 Å². The summed E-state index contributed by atoms with van der Waals surface area (Å²) < 4.78 is 2.60. The SMILES string of the molecule is CC(=O)SCCCCCCn1c2ccc(C(C)C3CCCC3)cc2c2cc(C(C)C3CCCC3)ccc21. The van der Waals surface area contributed by atoms with Crippen LogP contribution >= 0.6 is 11.8 Å². The van der Waals surface area contributed by atoms with E-state index in [1.807, 2.05) is 0 Å². The van der Waals surface area contributed by atoms with Gasteiger partial charge in [-0.1, -0.05) is 76.3 Å². The molecule has 2 nitrogen and oxygen atoms in total. The van der Waals surface area contributed by atoms with Crippen molar-refractivity contribution in [3.8, 4) is 0 Å². The number of hydrogen-bond acceptors (Lipinski definition) is 2. The number of unbranched alkanes of at least 4 members (excludes halogenated alkanes) is 3. The first-order valence-corrected chi connectivity index (χ1v) is 16.2. The molecule has 0 aliphatic heterocycles. The van der Waals surface area contributed by atoms with Gasteiger partial charge in [-0.25, -0.2) is 0 Å². The first-order chi connectivity index (χ1) is 18.0. The number of hydrogen-bond donors (Lipinski definition) is 0. The minimum Gasteiger partial charge on any atom is -0.340 e. The van der Waals surface area contributed by atoms with Crippen LogP contribution in [-0.2, 0) is 11.3 Å². The van der Waals surface area contributed by atoms with E-state index >= 15 is 0 Å². The van der Waals surface area contributed by atoms with Crippen molar-refractivity contribution in [2.75, 3.05) is 5.75 Å². The van der Waals surface area contributed by atoms with Gasteiger partial charge in [-0.05, 0) is 97.6 Å². The minimum atomic E-state index is 0.244. The summed E-state index contributed by atoms with van der Waals surface area (Å²) in [6.07, 6.45) is 16.0. The van der Waals surface area contributed by atoms with E-state index in [9.17, 15) is 4.79 Å². The van der Waals surface area contributed by atoms with Crippen molar-refractivity contribution >= 4 is 38.7 Å². The van der Waals surface area contributed by atoms with Gasteiger partial charge in [0.1, 0.15) is 0 Å². The second kappa shape index (κ2) is 12.4. The molecule has 2 unspecified atom stereocenters. The van der Waals surface area contributed by atoms with Gasteiger partial charge in [0.25, 0.3) is 0 Å². The first kappa shape index (κ1) is 26.9. The number of carbonyl (C=O) groups excluding carboxylic acids is 1. The highest BCUT2D eigenvalue weighted by atomic mass is 32.2. The molecule has 1 heterocycles. The van der Waals surface area contributed by atoms with E-state index < -0.39 is 0 Å². The number of fused-ring (bicyclic) bond motifs is 3. The number of carbonyl (C=O) groups is 1. The lowest BCUT2D eigenvalue weighted by molar-refractivity contribution is -0.109. The standard InChI is InChI=1S/C34H47NOS/c1-24(27-12-6-7-13-27)29-16-18-33-31(22-29)32-23-30(25(2)28-14-8-9-15-28)17-19-34(32)35(33)20-10-4-5-11-21-37-26(3)36/h16-19,22-25,27-28H,4-15,20-21H2,1-3H3. The van der Waals surface area contributed by atoms with Crippen molar-refractivity contribution in [3.05, 3.63) is 47.5 Å². The van der Waals surface area contributed by atoms with Crippen LogP contribution in [0.25, 0.3) is 21.8 Å². The molecule has 0 N–H and O–H groups in total. The number of aryl methyl sites for hydroxylation is 1. The molecule has 2 aliphatic rings. The Morgan fingerprint density at radius 1 is 0.784 bits per heavy atom. The van der Waals surface area contributed by atoms with Crippen molar-refractivity contribution in [2.45, 2.75) is 116 Å². The van der Waals surface area contributed by atoms with Crippen molar-refractivity contribution < 1.29 is 4.79 Å².